The summed E-state index contributed by atoms with van der Waals surface area (Å²) in [6.07, 6.45) is 6.06. The van der Waals surface area contributed by atoms with Gasteiger partial charge in [-0.15, -0.1) is 10.1 Å². The average Bonchev–Trinajstić information content (AvgIpc) is 3.37. The minimum Gasteiger partial charge on any atom is -0.569 e. The number of rotatable bonds is 8. The Morgan fingerprint density at radius 3 is 2.66 bits per heavy atom. The van der Waals surface area contributed by atoms with E-state index in [1.54, 1.807) is 29.2 Å². The second-order valence-electron chi connectivity index (χ2n) is 8.31. The molecular formula is C20H30N6O3. The van der Waals surface area contributed by atoms with Crippen molar-refractivity contribution in [2.75, 3.05) is 13.7 Å². The van der Waals surface area contributed by atoms with E-state index in [1.165, 1.54) is 5.56 Å². The lowest BCUT2D eigenvalue weighted by Crippen LogP contribution is -2.47. The first-order valence-corrected chi connectivity index (χ1v) is 9.96. The van der Waals surface area contributed by atoms with E-state index < -0.39 is 5.54 Å². The molecule has 9 heteroatoms. The van der Waals surface area contributed by atoms with Gasteiger partial charge in [0, 0.05) is 6.20 Å². The Labute approximate surface area is 171 Å². The van der Waals surface area contributed by atoms with E-state index in [4.69, 9.17) is 9.57 Å². The van der Waals surface area contributed by atoms with Crippen molar-refractivity contribution in [3.8, 4) is 5.75 Å². The average molecular weight is 402 g/mol. The van der Waals surface area contributed by atoms with Gasteiger partial charge in [-0.1, -0.05) is 17.3 Å². The fourth-order valence-corrected chi connectivity index (χ4v) is 3.59. The maximum atomic E-state index is 12.6. The van der Waals surface area contributed by atoms with Crippen LogP contribution in [0.1, 0.15) is 51.5 Å². The van der Waals surface area contributed by atoms with Gasteiger partial charge in [0.1, 0.15) is 11.9 Å². The zero-order valence-electron chi connectivity index (χ0n) is 17.6. The molecule has 9 nitrogen and oxygen atoms in total. The van der Waals surface area contributed by atoms with E-state index >= 15 is 0 Å². The van der Waals surface area contributed by atoms with E-state index in [2.05, 4.69) is 27.7 Å². The molecule has 1 fully saturated rings. The summed E-state index contributed by atoms with van der Waals surface area (Å²) < 4.78 is 6.90. The lowest BCUT2D eigenvalue weighted by atomic mass is 9.98. The van der Waals surface area contributed by atoms with Gasteiger partial charge in [0.2, 0.25) is 5.28 Å². The summed E-state index contributed by atoms with van der Waals surface area (Å²) >= 11 is 0. The summed E-state index contributed by atoms with van der Waals surface area (Å²) in [5, 5.41) is 25.8. The van der Waals surface area contributed by atoms with Crippen LogP contribution in [0.15, 0.2) is 41.9 Å². The van der Waals surface area contributed by atoms with Crippen molar-refractivity contribution in [1.29, 1.82) is 0 Å². The Balaban J connectivity index is 1.56. The van der Waals surface area contributed by atoms with Gasteiger partial charge in [0.05, 0.1) is 36.9 Å². The molecule has 158 valence electrons. The summed E-state index contributed by atoms with van der Waals surface area (Å²) in [6.45, 7) is 6.87. The van der Waals surface area contributed by atoms with Gasteiger partial charge in [-0.25, -0.2) is 0 Å². The highest BCUT2D eigenvalue weighted by Gasteiger charge is 2.31. The highest BCUT2D eigenvalue weighted by atomic mass is 16.7. The van der Waals surface area contributed by atoms with Crippen LogP contribution in [-0.2, 0) is 11.4 Å². The van der Waals surface area contributed by atoms with Gasteiger partial charge < -0.3 is 14.8 Å². The Morgan fingerprint density at radius 2 is 2.03 bits per heavy atom. The molecule has 0 aliphatic heterocycles. The SMILES string of the molecule is COc1ccc([C@@H]2CC[C@H](O/N=[N+](\[O-])N(CCn3ccnn3)C(C)(C)C)C2)cc1. The minimum atomic E-state index is -0.406. The maximum Gasteiger partial charge on any atom is 0.233 e. The number of hydrogen-bond donors (Lipinski definition) is 0. The van der Waals surface area contributed by atoms with Crippen molar-refractivity contribution >= 4 is 0 Å². The molecule has 1 aromatic heterocycles. The van der Waals surface area contributed by atoms with Crippen molar-refractivity contribution in [2.45, 2.75) is 64.1 Å². The van der Waals surface area contributed by atoms with Gasteiger partial charge in [-0.2, -0.15) is 0 Å². The summed E-state index contributed by atoms with van der Waals surface area (Å²) in [7, 11) is 1.66. The molecule has 0 N–H and O–H groups in total. The van der Waals surface area contributed by atoms with Crippen LogP contribution in [0.5, 0.6) is 5.75 Å². The second kappa shape index (κ2) is 9.11. The lowest BCUT2D eigenvalue weighted by molar-refractivity contribution is -0.726. The second-order valence-corrected chi connectivity index (χ2v) is 8.31. The van der Waals surface area contributed by atoms with Crippen LogP contribution in [0.3, 0.4) is 0 Å². The fourth-order valence-electron chi connectivity index (χ4n) is 3.59. The largest absolute Gasteiger partial charge is 0.569 e. The van der Waals surface area contributed by atoms with Gasteiger partial charge >= 0.3 is 0 Å². The summed E-state index contributed by atoms with van der Waals surface area (Å²) in [5.41, 5.74) is 0.858. The molecule has 2 atom stereocenters. The molecular weight excluding hydrogens is 372 g/mol. The van der Waals surface area contributed by atoms with Crippen LogP contribution in [-0.4, -0.2) is 50.3 Å². The maximum absolute atomic E-state index is 12.6. The van der Waals surface area contributed by atoms with Crippen molar-refractivity contribution in [3.05, 3.63) is 47.4 Å². The highest BCUT2D eigenvalue weighted by Crippen LogP contribution is 2.36. The highest BCUT2D eigenvalue weighted by molar-refractivity contribution is 5.29. The van der Waals surface area contributed by atoms with Crippen LogP contribution >= 0.6 is 0 Å². The van der Waals surface area contributed by atoms with Crippen LogP contribution in [0.2, 0.25) is 0 Å². The molecule has 1 aliphatic rings. The third-order valence-corrected chi connectivity index (χ3v) is 5.23. The summed E-state index contributed by atoms with van der Waals surface area (Å²) in [4.78, 5) is 6.18. The fraction of sp³-hybridized carbons (Fsp3) is 0.600. The molecule has 0 spiro atoms. The predicted octanol–water partition coefficient (Wildman–Crippen LogP) is 3.53. The number of methoxy groups -OCH3 is 1. The van der Waals surface area contributed by atoms with Gasteiger partial charge in [-0.05, 0) is 63.6 Å². The summed E-state index contributed by atoms with van der Waals surface area (Å²) in [5.74, 6) is 1.26. The van der Waals surface area contributed by atoms with Crippen molar-refractivity contribution < 1.29 is 14.5 Å². The molecule has 1 heterocycles. The molecule has 0 bridgehead atoms. The third-order valence-electron chi connectivity index (χ3n) is 5.23. The molecule has 2 aromatic rings. The monoisotopic (exact) mass is 402 g/mol. The molecule has 0 saturated heterocycles. The standard InChI is InChI=1S/C20H30N6O3/c1-20(2,3)25(14-13-24-12-11-21-22-24)26(27)23-29-19-10-7-17(15-19)16-5-8-18(28-4)9-6-16/h5-6,8-9,11-12,17,19H,7,10,13-15H2,1-4H3/b26-23-/t17-,19+/m1/s1. The molecule has 0 unspecified atom stereocenters. The quantitative estimate of drug-likeness (QED) is 0.381. The summed E-state index contributed by atoms with van der Waals surface area (Å²) in [6, 6.07) is 8.13. The Hall–Kier alpha value is -2.84. The van der Waals surface area contributed by atoms with E-state index in [-0.39, 0.29) is 6.10 Å². The molecule has 29 heavy (non-hydrogen) atoms. The number of ether oxygens (including phenoxy) is 1. The molecule has 0 radical (unpaired) electrons. The first-order chi connectivity index (χ1) is 13.9. The number of aromatic nitrogens is 3. The Bertz CT molecular complexity index is 786. The van der Waals surface area contributed by atoms with E-state index in [1.807, 2.05) is 32.9 Å². The number of nitrogens with zero attached hydrogens (tertiary/aromatic N) is 6. The van der Waals surface area contributed by atoms with E-state index in [0.717, 1.165) is 25.0 Å². The molecule has 1 aromatic carbocycles. The van der Waals surface area contributed by atoms with Crippen LogP contribution in [0.4, 0.5) is 0 Å². The van der Waals surface area contributed by atoms with Crippen molar-refractivity contribution in [3.63, 3.8) is 0 Å². The van der Waals surface area contributed by atoms with Crippen molar-refractivity contribution in [1.82, 2.24) is 20.0 Å². The molecule has 1 aliphatic carbocycles. The van der Waals surface area contributed by atoms with Crippen molar-refractivity contribution in [2.24, 2.45) is 5.28 Å². The van der Waals surface area contributed by atoms with E-state index in [9.17, 15) is 5.21 Å². The van der Waals surface area contributed by atoms with Gasteiger partial charge in [0.15, 0.2) is 0 Å². The predicted molar refractivity (Wildman–Crippen MR) is 107 cm³/mol. The van der Waals surface area contributed by atoms with Crippen LogP contribution < -0.4 is 4.74 Å². The minimum absolute atomic E-state index is 0.0596. The topological polar surface area (TPSA) is 90.8 Å². The van der Waals surface area contributed by atoms with E-state index in [0.29, 0.717) is 24.0 Å². The molecule has 3 rings (SSSR count). The zero-order valence-corrected chi connectivity index (χ0v) is 17.6. The number of hydrazine groups is 1. The zero-order chi connectivity index (χ0) is 20.9. The smallest absolute Gasteiger partial charge is 0.233 e. The van der Waals surface area contributed by atoms with Crippen LogP contribution in [0.25, 0.3) is 0 Å². The Kier molecular flexibility index (Phi) is 6.56. The van der Waals surface area contributed by atoms with Crippen LogP contribution in [0, 0.1) is 5.21 Å². The first-order valence-electron chi connectivity index (χ1n) is 9.96. The Morgan fingerprint density at radius 1 is 1.28 bits per heavy atom. The lowest BCUT2D eigenvalue weighted by Gasteiger charge is -2.30. The number of benzene rings is 1. The molecule has 1 saturated carbocycles. The number of hydrogen-bond acceptors (Lipinski definition) is 6. The first kappa shape index (κ1) is 20.9. The normalized spacial score (nSPS) is 19.9. The van der Waals surface area contributed by atoms with Gasteiger partial charge in [0.25, 0.3) is 0 Å². The van der Waals surface area contributed by atoms with Gasteiger partial charge in [-0.3, -0.25) is 4.68 Å². The third kappa shape index (κ3) is 5.58. The molecule has 0 amide bonds.